The van der Waals surface area contributed by atoms with Crippen molar-refractivity contribution in [1.82, 2.24) is 25.2 Å². The molecule has 3 amide bonds. The normalized spacial score (nSPS) is 19.7. The number of nitrogens with zero attached hydrogens (tertiary/aromatic N) is 3. The second-order valence-corrected chi connectivity index (χ2v) is 21.6. The SMILES string of the molecule is C=C1CC(C)(CC(C)(C)C)C(=O)N1.CC(C)(C)CC1(C)CC(=O)N(CC(F)(F)F)C1=O.CC(C)(C)CCc1ncc(-c2ccccc2)o1.Cc1nc(C(C)(C)C)c(O)c(=O)[nH]1. The van der Waals surface area contributed by atoms with Gasteiger partial charge in [0.2, 0.25) is 23.5 Å². The first-order chi connectivity index (χ1) is 27.4. The first-order valence-electron chi connectivity index (χ1n) is 20.6. The van der Waals surface area contributed by atoms with Gasteiger partial charge in [0.25, 0.3) is 5.56 Å². The standard InChI is InChI=1S/C15H19NO.C12H18F3NO2.C11H19NO.C9H14N2O2/c1-15(2,3)10-9-14-16-11-13(17-14)12-7-5-4-6-8-12;1-10(2,3)6-11(4)5-8(17)16(9(11)18)7-12(13,14)15;1-8-6-11(5,9(13)12-8)7-10(2,3)4;1-5-10-7(9(2,3)4)6(12)8(13)11-5/h4-8,11H,9-10H2,1-3H3;5-7H2,1-4H3;1,6-7H2,2-5H3,(H,12,13);12H,1-4H3,(H,10,11,13). The number of aryl methyl sites for hydroxylation is 2. The minimum absolute atomic E-state index is 0.132. The average molecular weight is 858 g/mol. The summed E-state index contributed by atoms with van der Waals surface area (Å²) in [5, 5.41) is 12.2. The molecule has 0 radical (unpaired) electrons. The number of hydrogen-bond donors (Lipinski definition) is 3. The van der Waals surface area contributed by atoms with Crippen molar-refractivity contribution in [3.63, 3.8) is 0 Å². The van der Waals surface area contributed by atoms with E-state index in [2.05, 4.69) is 68.4 Å². The second kappa shape index (κ2) is 19.5. The van der Waals surface area contributed by atoms with E-state index < -0.39 is 35.5 Å². The molecule has 2 saturated heterocycles. The summed E-state index contributed by atoms with van der Waals surface area (Å²) in [6.07, 6.45) is 1.19. The smallest absolute Gasteiger partial charge is 0.406 e. The van der Waals surface area contributed by atoms with Crippen LogP contribution >= 0.6 is 0 Å². The molecular weight excluding hydrogens is 788 g/mol. The molecule has 2 atom stereocenters. The van der Waals surface area contributed by atoms with Gasteiger partial charge in [-0.1, -0.05) is 134 Å². The molecule has 2 unspecified atom stereocenters. The molecule has 2 aliphatic rings. The molecule has 2 aliphatic heterocycles. The molecule has 61 heavy (non-hydrogen) atoms. The molecule has 11 nitrogen and oxygen atoms in total. The van der Waals surface area contributed by atoms with Gasteiger partial charge in [0, 0.05) is 35.9 Å². The van der Waals surface area contributed by atoms with Crippen molar-refractivity contribution in [2.24, 2.45) is 27.1 Å². The molecule has 0 aliphatic carbocycles. The van der Waals surface area contributed by atoms with Crippen LogP contribution in [0.5, 0.6) is 5.75 Å². The van der Waals surface area contributed by atoms with Gasteiger partial charge in [-0.2, -0.15) is 13.2 Å². The van der Waals surface area contributed by atoms with Crippen molar-refractivity contribution >= 4 is 17.7 Å². The maximum Gasteiger partial charge on any atom is 0.406 e. The Morgan fingerprint density at radius 2 is 1.38 bits per heavy atom. The van der Waals surface area contributed by atoms with Crippen LogP contribution in [0.25, 0.3) is 11.3 Å². The zero-order chi connectivity index (χ0) is 47.2. The van der Waals surface area contributed by atoms with E-state index >= 15 is 0 Å². The van der Waals surface area contributed by atoms with E-state index in [9.17, 15) is 37.5 Å². The summed E-state index contributed by atoms with van der Waals surface area (Å²) in [6, 6.07) is 10.1. The largest absolute Gasteiger partial charge is 0.502 e. The van der Waals surface area contributed by atoms with Crippen LogP contribution in [0.1, 0.15) is 146 Å². The minimum Gasteiger partial charge on any atom is -0.502 e. The molecule has 14 heteroatoms. The Morgan fingerprint density at radius 3 is 1.84 bits per heavy atom. The third-order valence-corrected chi connectivity index (χ3v) is 9.65. The average Bonchev–Trinajstić information content (AvgIpc) is 3.70. The van der Waals surface area contributed by atoms with Gasteiger partial charge in [-0.25, -0.2) is 9.97 Å². The highest BCUT2D eigenvalue weighted by atomic mass is 19.4. The first-order valence-corrected chi connectivity index (χ1v) is 20.6. The number of oxazole rings is 1. The summed E-state index contributed by atoms with van der Waals surface area (Å²) in [5.74, 6) is 0.621. The summed E-state index contributed by atoms with van der Waals surface area (Å²) in [6.45, 7) is 32.1. The molecule has 2 aromatic heterocycles. The zero-order valence-corrected chi connectivity index (χ0v) is 39.1. The van der Waals surface area contributed by atoms with E-state index in [1.807, 2.05) is 85.0 Å². The van der Waals surface area contributed by atoms with E-state index in [-0.39, 0.29) is 39.7 Å². The monoisotopic (exact) mass is 858 g/mol. The number of imide groups is 1. The maximum atomic E-state index is 12.3. The molecule has 0 bridgehead atoms. The Hall–Kier alpha value is -4.75. The number of halogens is 3. The maximum absolute atomic E-state index is 12.3. The number of aromatic hydroxyl groups is 1. The Balaban J connectivity index is 0.000000283. The van der Waals surface area contributed by atoms with Crippen LogP contribution < -0.4 is 10.9 Å². The number of hydrogen-bond acceptors (Lipinski definition) is 8. The summed E-state index contributed by atoms with van der Waals surface area (Å²) >= 11 is 0. The van der Waals surface area contributed by atoms with Gasteiger partial charge in [-0.3, -0.25) is 24.1 Å². The summed E-state index contributed by atoms with van der Waals surface area (Å²) < 4.78 is 42.6. The fourth-order valence-corrected chi connectivity index (χ4v) is 7.56. The third-order valence-electron chi connectivity index (χ3n) is 9.65. The van der Waals surface area contributed by atoms with Crippen LogP contribution in [0.3, 0.4) is 0 Å². The number of amides is 3. The van der Waals surface area contributed by atoms with Crippen LogP contribution in [0.15, 0.2) is 58.0 Å². The number of allylic oxidation sites excluding steroid dienone is 1. The Morgan fingerprint density at radius 1 is 0.836 bits per heavy atom. The van der Waals surface area contributed by atoms with Gasteiger partial charge in [0.15, 0.2) is 11.7 Å². The molecular formula is C47H70F3N5O6. The number of likely N-dealkylation sites (tertiary alicyclic amines) is 1. The Kier molecular flexibility index (Phi) is 16.8. The number of carbonyl (C=O) groups excluding carboxylic acids is 3. The van der Waals surface area contributed by atoms with Crippen LogP contribution in [-0.2, 0) is 26.2 Å². The molecule has 4 heterocycles. The van der Waals surface area contributed by atoms with Crippen molar-refractivity contribution < 1.29 is 37.1 Å². The molecule has 1 aromatic carbocycles. The molecule has 3 N–H and O–H groups in total. The number of aromatic nitrogens is 3. The molecule has 340 valence electrons. The van der Waals surface area contributed by atoms with Gasteiger partial charge in [-0.05, 0) is 42.4 Å². The fourth-order valence-electron chi connectivity index (χ4n) is 7.56. The molecule has 0 spiro atoms. The molecule has 2 fully saturated rings. The number of nitrogens with one attached hydrogen (secondary N) is 2. The topological polar surface area (TPSA) is 158 Å². The number of alkyl halides is 3. The van der Waals surface area contributed by atoms with Crippen LogP contribution in [0.2, 0.25) is 0 Å². The lowest BCUT2D eigenvalue weighted by Gasteiger charge is -2.30. The van der Waals surface area contributed by atoms with Gasteiger partial charge in [0.05, 0.1) is 22.7 Å². The number of rotatable bonds is 6. The lowest BCUT2D eigenvalue weighted by molar-refractivity contribution is -0.167. The number of benzene rings is 1. The summed E-state index contributed by atoms with van der Waals surface area (Å²) in [5.41, 5.74) is 0.626. The zero-order valence-electron chi connectivity index (χ0n) is 39.1. The molecule has 3 aromatic rings. The van der Waals surface area contributed by atoms with E-state index in [0.717, 1.165) is 48.6 Å². The Bertz CT molecular complexity index is 2050. The summed E-state index contributed by atoms with van der Waals surface area (Å²) in [4.78, 5) is 57.5. The van der Waals surface area contributed by atoms with E-state index in [1.54, 1.807) is 13.8 Å². The molecule has 5 rings (SSSR count). The van der Waals surface area contributed by atoms with Gasteiger partial charge in [0.1, 0.15) is 12.4 Å². The second-order valence-electron chi connectivity index (χ2n) is 21.6. The van der Waals surface area contributed by atoms with Gasteiger partial charge in [-0.15, -0.1) is 0 Å². The van der Waals surface area contributed by atoms with Crippen molar-refractivity contribution in [2.75, 3.05) is 6.54 Å². The lowest BCUT2D eigenvalue weighted by atomic mass is 9.74. The fraction of sp³-hybridized carbons (Fsp3) is 0.617. The van der Waals surface area contributed by atoms with Crippen LogP contribution in [-0.4, -0.2) is 55.4 Å². The highest BCUT2D eigenvalue weighted by Gasteiger charge is 2.52. The molecule has 0 saturated carbocycles. The van der Waals surface area contributed by atoms with E-state index in [4.69, 9.17) is 4.42 Å². The van der Waals surface area contributed by atoms with Crippen LogP contribution in [0.4, 0.5) is 13.2 Å². The Labute approximate surface area is 360 Å². The minimum atomic E-state index is -4.54. The van der Waals surface area contributed by atoms with Crippen molar-refractivity contribution in [3.05, 3.63) is 76.6 Å². The highest BCUT2D eigenvalue weighted by Crippen LogP contribution is 2.43. The number of aromatic amines is 1. The third kappa shape index (κ3) is 17.3. The van der Waals surface area contributed by atoms with Crippen molar-refractivity contribution in [3.8, 4) is 17.1 Å². The predicted octanol–water partition coefficient (Wildman–Crippen LogP) is 10.6. The quantitative estimate of drug-likeness (QED) is 0.207. The highest BCUT2D eigenvalue weighted by molar-refractivity contribution is 6.05. The van der Waals surface area contributed by atoms with E-state index in [0.29, 0.717) is 28.3 Å². The van der Waals surface area contributed by atoms with Gasteiger partial charge >= 0.3 is 6.18 Å². The lowest BCUT2D eigenvalue weighted by Crippen LogP contribution is -2.41. The number of H-pyrrole nitrogens is 1. The predicted molar refractivity (Wildman–Crippen MR) is 233 cm³/mol. The van der Waals surface area contributed by atoms with E-state index in [1.165, 1.54) is 0 Å². The van der Waals surface area contributed by atoms with Crippen molar-refractivity contribution in [2.45, 2.75) is 154 Å². The van der Waals surface area contributed by atoms with Crippen LogP contribution in [0, 0.1) is 34.0 Å². The number of carbonyl (C=O) groups is 3. The van der Waals surface area contributed by atoms with Crippen molar-refractivity contribution in [1.29, 1.82) is 0 Å². The summed E-state index contributed by atoms with van der Waals surface area (Å²) in [7, 11) is 0. The first kappa shape index (κ1) is 52.4. The van der Waals surface area contributed by atoms with Gasteiger partial charge < -0.3 is 19.8 Å².